The molecular weight excluding hydrogens is 248 g/mol. The molecule has 0 radical (unpaired) electrons. The number of nitrogens with zero attached hydrogens (tertiary/aromatic N) is 2. The lowest BCUT2D eigenvalue weighted by Gasteiger charge is -2.01. The maximum absolute atomic E-state index is 10.7. The highest BCUT2D eigenvalue weighted by Gasteiger charge is 2.03. The minimum Gasteiger partial charge on any atom is -0.478 e. The van der Waals surface area contributed by atoms with Gasteiger partial charge in [-0.2, -0.15) is 5.26 Å². The Morgan fingerprint density at radius 2 is 1.83 bits per heavy atom. The zero-order valence-electron chi connectivity index (χ0n) is 9.20. The summed E-state index contributed by atoms with van der Waals surface area (Å²) in [6.07, 6.45) is 1.62. The molecule has 88 valence electrons. The van der Waals surface area contributed by atoms with Crippen LogP contribution in [0.25, 0.3) is 0 Å². The van der Waals surface area contributed by atoms with Gasteiger partial charge in [0, 0.05) is 16.0 Å². The molecule has 0 fully saturated rings. The van der Waals surface area contributed by atoms with E-state index in [-0.39, 0.29) is 5.56 Å². The van der Waals surface area contributed by atoms with Gasteiger partial charge in [-0.15, -0.1) is 0 Å². The second kappa shape index (κ2) is 5.34. The van der Waals surface area contributed by atoms with Crippen molar-refractivity contribution in [3.05, 3.63) is 53.9 Å². The van der Waals surface area contributed by atoms with Gasteiger partial charge in [0.1, 0.15) is 11.8 Å². The maximum Gasteiger partial charge on any atom is 0.335 e. The lowest BCUT2D eigenvalue weighted by atomic mass is 10.2. The number of aromatic carboxylic acids is 1. The van der Waals surface area contributed by atoms with Crippen LogP contribution < -0.4 is 0 Å². The molecule has 5 heteroatoms. The Kier molecular flexibility index (Phi) is 3.60. The molecule has 0 bridgehead atoms. The van der Waals surface area contributed by atoms with Crippen LogP contribution in [-0.2, 0) is 0 Å². The molecule has 0 unspecified atom stereocenters. The van der Waals surface area contributed by atoms with Crippen LogP contribution in [0, 0.1) is 11.3 Å². The first kappa shape index (κ1) is 12.1. The van der Waals surface area contributed by atoms with Crippen LogP contribution in [0.1, 0.15) is 16.1 Å². The summed E-state index contributed by atoms with van der Waals surface area (Å²) in [7, 11) is 0. The smallest absolute Gasteiger partial charge is 0.335 e. The summed E-state index contributed by atoms with van der Waals surface area (Å²) in [5.41, 5.74) is 0.637. The van der Waals surface area contributed by atoms with Gasteiger partial charge in [0.05, 0.1) is 5.56 Å². The van der Waals surface area contributed by atoms with Gasteiger partial charge in [0.2, 0.25) is 0 Å². The van der Waals surface area contributed by atoms with E-state index in [1.807, 2.05) is 6.07 Å². The van der Waals surface area contributed by atoms with Crippen molar-refractivity contribution in [2.45, 2.75) is 9.79 Å². The van der Waals surface area contributed by atoms with E-state index >= 15 is 0 Å². The van der Waals surface area contributed by atoms with Gasteiger partial charge >= 0.3 is 5.97 Å². The highest BCUT2D eigenvalue weighted by Crippen LogP contribution is 2.27. The van der Waals surface area contributed by atoms with E-state index in [0.717, 1.165) is 9.79 Å². The lowest BCUT2D eigenvalue weighted by molar-refractivity contribution is 0.0697. The van der Waals surface area contributed by atoms with Crippen molar-refractivity contribution in [3.63, 3.8) is 0 Å². The van der Waals surface area contributed by atoms with Crippen LogP contribution in [0.5, 0.6) is 0 Å². The fourth-order valence-electron chi connectivity index (χ4n) is 1.31. The molecular formula is C13H8N2O2S. The third kappa shape index (κ3) is 2.87. The molecule has 1 aromatic carbocycles. The van der Waals surface area contributed by atoms with Crippen LogP contribution in [0.2, 0.25) is 0 Å². The fourth-order valence-corrected chi connectivity index (χ4v) is 2.09. The number of hydrogen-bond donors (Lipinski definition) is 1. The normalized spacial score (nSPS) is 9.72. The summed E-state index contributed by atoms with van der Waals surface area (Å²) in [5, 5.41) is 17.4. The molecule has 2 aromatic rings. The zero-order chi connectivity index (χ0) is 13.0. The molecule has 0 amide bonds. The molecule has 0 saturated carbocycles. The highest BCUT2D eigenvalue weighted by atomic mass is 32.2. The number of nitriles is 1. The van der Waals surface area contributed by atoms with Crippen molar-refractivity contribution >= 4 is 17.7 Å². The number of carboxylic acids is 1. The van der Waals surface area contributed by atoms with Crippen LogP contribution in [0.4, 0.5) is 0 Å². The summed E-state index contributed by atoms with van der Waals surface area (Å²) in [6, 6.07) is 12.0. The quantitative estimate of drug-likeness (QED) is 0.914. The Morgan fingerprint density at radius 1 is 1.17 bits per heavy atom. The number of aromatic nitrogens is 1. The van der Waals surface area contributed by atoms with Crippen molar-refractivity contribution in [3.8, 4) is 6.07 Å². The van der Waals surface area contributed by atoms with E-state index in [9.17, 15) is 4.79 Å². The summed E-state index contributed by atoms with van der Waals surface area (Å²) < 4.78 is 0. The maximum atomic E-state index is 10.7. The molecule has 0 aliphatic heterocycles. The SMILES string of the molecule is N#Cc1ccc(Sc2ccc(C(=O)O)cc2)cn1. The molecule has 1 heterocycles. The topological polar surface area (TPSA) is 74.0 Å². The molecule has 0 saturated heterocycles. The van der Waals surface area contributed by atoms with Gasteiger partial charge in [-0.25, -0.2) is 9.78 Å². The molecule has 0 atom stereocenters. The standard InChI is InChI=1S/C13H8N2O2S/c14-7-10-3-6-12(8-15-10)18-11-4-1-9(2-5-11)13(16)17/h1-6,8H,(H,16,17). The Balaban J connectivity index is 2.13. The third-order valence-corrected chi connectivity index (χ3v) is 3.17. The van der Waals surface area contributed by atoms with Crippen molar-refractivity contribution in [1.29, 1.82) is 5.26 Å². The number of carbonyl (C=O) groups is 1. The Bertz CT molecular complexity index is 600. The first-order valence-corrected chi connectivity index (χ1v) is 5.88. The number of rotatable bonds is 3. The average molecular weight is 256 g/mol. The van der Waals surface area contributed by atoms with E-state index in [1.165, 1.54) is 11.8 Å². The van der Waals surface area contributed by atoms with Crippen LogP contribution in [0.15, 0.2) is 52.4 Å². The molecule has 0 spiro atoms. The Labute approximate surface area is 108 Å². The Morgan fingerprint density at radius 3 is 2.33 bits per heavy atom. The van der Waals surface area contributed by atoms with Gasteiger partial charge in [-0.1, -0.05) is 11.8 Å². The number of pyridine rings is 1. The minimum absolute atomic E-state index is 0.261. The van der Waals surface area contributed by atoms with E-state index in [2.05, 4.69) is 4.98 Å². The summed E-state index contributed by atoms with van der Waals surface area (Å²) >= 11 is 1.46. The van der Waals surface area contributed by atoms with Gasteiger partial charge in [0.15, 0.2) is 0 Å². The lowest BCUT2D eigenvalue weighted by Crippen LogP contribution is -1.94. The van der Waals surface area contributed by atoms with Gasteiger partial charge < -0.3 is 5.11 Å². The second-order valence-corrected chi connectivity index (χ2v) is 4.57. The van der Waals surface area contributed by atoms with Gasteiger partial charge in [-0.3, -0.25) is 0 Å². The van der Waals surface area contributed by atoms with Crippen LogP contribution >= 0.6 is 11.8 Å². The molecule has 18 heavy (non-hydrogen) atoms. The molecule has 1 aromatic heterocycles. The van der Waals surface area contributed by atoms with E-state index in [4.69, 9.17) is 10.4 Å². The van der Waals surface area contributed by atoms with E-state index in [1.54, 1.807) is 42.6 Å². The Hall–Kier alpha value is -2.32. The van der Waals surface area contributed by atoms with Crippen molar-refractivity contribution in [2.24, 2.45) is 0 Å². The summed E-state index contributed by atoms with van der Waals surface area (Å²) in [6.45, 7) is 0. The first-order valence-electron chi connectivity index (χ1n) is 5.06. The van der Waals surface area contributed by atoms with Gasteiger partial charge in [-0.05, 0) is 36.4 Å². The van der Waals surface area contributed by atoms with E-state index < -0.39 is 5.97 Å². The molecule has 0 aliphatic rings. The molecule has 0 aliphatic carbocycles. The van der Waals surface area contributed by atoms with Gasteiger partial charge in [0.25, 0.3) is 0 Å². The van der Waals surface area contributed by atoms with E-state index in [0.29, 0.717) is 5.69 Å². The molecule has 2 rings (SSSR count). The summed E-state index contributed by atoms with van der Waals surface area (Å²) in [5.74, 6) is -0.938. The van der Waals surface area contributed by atoms with Crippen LogP contribution in [0.3, 0.4) is 0 Å². The largest absolute Gasteiger partial charge is 0.478 e. The predicted octanol–water partition coefficient (Wildman–Crippen LogP) is 2.80. The average Bonchev–Trinajstić information content (AvgIpc) is 2.40. The van der Waals surface area contributed by atoms with Crippen molar-refractivity contribution in [1.82, 2.24) is 4.98 Å². The summed E-state index contributed by atoms with van der Waals surface area (Å²) in [4.78, 5) is 16.5. The number of carboxylic acid groups (broad SMARTS) is 1. The number of benzene rings is 1. The molecule has 1 N–H and O–H groups in total. The monoisotopic (exact) mass is 256 g/mol. The fraction of sp³-hybridized carbons (Fsp3) is 0. The first-order chi connectivity index (χ1) is 8.69. The second-order valence-electron chi connectivity index (χ2n) is 3.42. The van der Waals surface area contributed by atoms with Crippen LogP contribution in [-0.4, -0.2) is 16.1 Å². The number of hydrogen-bond acceptors (Lipinski definition) is 4. The zero-order valence-corrected chi connectivity index (χ0v) is 10.0. The molecule has 4 nitrogen and oxygen atoms in total. The predicted molar refractivity (Wildman–Crippen MR) is 66.5 cm³/mol. The van der Waals surface area contributed by atoms with Crippen molar-refractivity contribution in [2.75, 3.05) is 0 Å². The third-order valence-electron chi connectivity index (χ3n) is 2.19. The highest BCUT2D eigenvalue weighted by molar-refractivity contribution is 7.99. The van der Waals surface area contributed by atoms with Crippen molar-refractivity contribution < 1.29 is 9.90 Å². The minimum atomic E-state index is -0.938.